The second-order valence-electron chi connectivity index (χ2n) is 5.73. The van der Waals surface area contributed by atoms with E-state index in [1.54, 1.807) is 18.1 Å². The minimum Gasteiger partial charge on any atom is -0.341 e. The highest BCUT2D eigenvalue weighted by molar-refractivity contribution is 7.91. The summed E-state index contributed by atoms with van der Waals surface area (Å²) in [6.45, 7) is 0.808. The molecule has 0 bridgehead atoms. The molecule has 1 fully saturated rings. The van der Waals surface area contributed by atoms with E-state index in [1.807, 2.05) is 6.20 Å². The van der Waals surface area contributed by atoms with Gasteiger partial charge in [-0.25, -0.2) is 13.4 Å². The van der Waals surface area contributed by atoms with Crippen LogP contribution in [0.5, 0.6) is 0 Å². The number of aryl methyl sites for hydroxylation is 1. The van der Waals surface area contributed by atoms with Crippen LogP contribution in [0.1, 0.15) is 18.7 Å². The minimum absolute atomic E-state index is 0.0568. The maximum absolute atomic E-state index is 12.5. The van der Waals surface area contributed by atoms with Crippen LogP contribution in [-0.2, 0) is 27.6 Å². The summed E-state index contributed by atoms with van der Waals surface area (Å²) in [5.74, 6) is 1.24. The molecule has 2 aliphatic heterocycles. The number of fused-ring (bicyclic) bond motifs is 1. The molecule has 3 heterocycles. The number of carbonyl (C=O) groups is 1. The first-order chi connectivity index (χ1) is 9.46. The predicted octanol–water partition coefficient (Wildman–Crippen LogP) is 0.0910. The van der Waals surface area contributed by atoms with Crippen LogP contribution in [0.2, 0.25) is 0 Å². The Balaban J connectivity index is 1.68. The molecular weight excluding hydrogens is 278 g/mol. The lowest BCUT2D eigenvalue weighted by molar-refractivity contribution is -0.136. The zero-order chi connectivity index (χ0) is 14.3. The monoisotopic (exact) mass is 297 g/mol. The standard InChI is InChI=1S/C13H19N3O3S/c1-15(11-3-7-20(18,19)9-11)13(17)10-2-5-16-6-4-14-12(16)8-10/h4,6,10-11H,2-3,5,7-9H2,1H3. The van der Waals surface area contributed by atoms with Crippen LogP contribution in [0.3, 0.4) is 0 Å². The number of rotatable bonds is 2. The number of sulfone groups is 1. The molecule has 1 aromatic rings. The van der Waals surface area contributed by atoms with Crippen molar-refractivity contribution < 1.29 is 13.2 Å². The smallest absolute Gasteiger partial charge is 0.226 e. The summed E-state index contributed by atoms with van der Waals surface area (Å²) in [5, 5.41) is 0. The Morgan fingerprint density at radius 1 is 1.45 bits per heavy atom. The molecule has 0 aliphatic carbocycles. The number of hydrogen-bond donors (Lipinski definition) is 0. The fourth-order valence-electron chi connectivity index (χ4n) is 3.11. The van der Waals surface area contributed by atoms with Crippen LogP contribution in [0.15, 0.2) is 12.4 Å². The van der Waals surface area contributed by atoms with Gasteiger partial charge in [0, 0.05) is 44.4 Å². The van der Waals surface area contributed by atoms with Gasteiger partial charge in [-0.2, -0.15) is 0 Å². The van der Waals surface area contributed by atoms with Crippen molar-refractivity contribution in [1.82, 2.24) is 14.5 Å². The lowest BCUT2D eigenvalue weighted by Gasteiger charge is -2.30. The average molecular weight is 297 g/mol. The van der Waals surface area contributed by atoms with Crippen LogP contribution >= 0.6 is 0 Å². The van der Waals surface area contributed by atoms with Crippen LogP contribution in [0.4, 0.5) is 0 Å². The Bertz CT molecular complexity index is 623. The van der Waals surface area contributed by atoms with Crippen molar-refractivity contribution >= 4 is 15.7 Å². The topological polar surface area (TPSA) is 72.3 Å². The number of nitrogens with zero attached hydrogens (tertiary/aromatic N) is 3. The van der Waals surface area contributed by atoms with Gasteiger partial charge in [0.1, 0.15) is 5.82 Å². The van der Waals surface area contributed by atoms with Crippen LogP contribution in [-0.4, -0.2) is 53.4 Å². The minimum atomic E-state index is -2.95. The summed E-state index contributed by atoms with van der Waals surface area (Å²) < 4.78 is 25.1. The highest BCUT2D eigenvalue weighted by atomic mass is 32.2. The normalized spacial score (nSPS) is 28.1. The molecule has 110 valence electrons. The van der Waals surface area contributed by atoms with Crippen molar-refractivity contribution in [2.45, 2.75) is 31.8 Å². The molecule has 2 unspecified atom stereocenters. The fraction of sp³-hybridized carbons (Fsp3) is 0.692. The molecule has 3 rings (SSSR count). The Hall–Kier alpha value is -1.37. The van der Waals surface area contributed by atoms with Crippen molar-refractivity contribution in [3.05, 3.63) is 18.2 Å². The van der Waals surface area contributed by atoms with Crippen molar-refractivity contribution in [3.63, 3.8) is 0 Å². The van der Waals surface area contributed by atoms with Crippen LogP contribution < -0.4 is 0 Å². The zero-order valence-corrected chi connectivity index (χ0v) is 12.3. The molecule has 0 radical (unpaired) electrons. The molecule has 0 aromatic carbocycles. The highest BCUT2D eigenvalue weighted by Gasteiger charge is 2.36. The van der Waals surface area contributed by atoms with Gasteiger partial charge >= 0.3 is 0 Å². The Labute approximate surface area is 118 Å². The third-order valence-corrected chi connectivity index (χ3v) is 6.15. The van der Waals surface area contributed by atoms with Gasteiger partial charge < -0.3 is 9.47 Å². The number of aromatic nitrogens is 2. The molecule has 0 saturated carbocycles. The number of carbonyl (C=O) groups excluding carboxylic acids is 1. The van der Waals surface area contributed by atoms with Crippen molar-refractivity contribution in [1.29, 1.82) is 0 Å². The first-order valence-corrected chi connectivity index (χ1v) is 8.75. The summed E-state index contributed by atoms with van der Waals surface area (Å²) in [4.78, 5) is 18.4. The molecule has 1 amide bonds. The molecule has 20 heavy (non-hydrogen) atoms. The van der Waals surface area contributed by atoms with Gasteiger partial charge in [0.25, 0.3) is 0 Å². The van der Waals surface area contributed by atoms with Crippen molar-refractivity contribution in [2.24, 2.45) is 5.92 Å². The van der Waals surface area contributed by atoms with E-state index >= 15 is 0 Å². The lowest BCUT2D eigenvalue weighted by Crippen LogP contribution is -2.43. The molecule has 1 aromatic heterocycles. The van der Waals surface area contributed by atoms with Gasteiger partial charge in [-0.1, -0.05) is 0 Å². The summed E-state index contributed by atoms with van der Waals surface area (Å²) in [6.07, 6.45) is 5.70. The number of imidazole rings is 1. The first-order valence-electron chi connectivity index (χ1n) is 6.93. The largest absolute Gasteiger partial charge is 0.341 e. The van der Waals surface area contributed by atoms with Gasteiger partial charge in [0.15, 0.2) is 9.84 Å². The maximum atomic E-state index is 12.5. The average Bonchev–Trinajstić information content (AvgIpc) is 3.02. The van der Waals surface area contributed by atoms with E-state index in [0.29, 0.717) is 12.8 Å². The highest BCUT2D eigenvalue weighted by Crippen LogP contribution is 2.24. The molecule has 0 spiro atoms. The SMILES string of the molecule is CN(C(=O)C1CCn2ccnc2C1)C1CCS(=O)(=O)C1. The van der Waals surface area contributed by atoms with Gasteiger partial charge in [-0.15, -0.1) is 0 Å². The Kier molecular flexibility index (Phi) is 3.32. The Morgan fingerprint density at radius 2 is 2.25 bits per heavy atom. The quantitative estimate of drug-likeness (QED) is 0.775. The van der Waals surface area contributed by atoms with Gasteiger partial charge in [0.05, 0.1) is 11.5 Å². The fourth-order valence-corrected chi connectivity index (χ4v) is 4.88. The lowest BCUT2D eigenvalue weighted by atomic mass is 9.95. The summed E-state index contributed by atoms with van der Waals surface area (Å²) in [5.41, 5.74) is 0. The van der Waals surface area contributed by atoms with Crippen LogP contribution in [0, 0.1) is 5.92 Å². The summed E-state index contributed by atoms with van der Waals surface area (Å²) in [7, 11) is -1.22. The molecule has 0 N–H and O–H groups in total. The van der Waals surface area contributed by atoms with E-state index in [1.165, 1.54) is 0 Å². The molecule has 7 heteroatoms. The Morgan fingerprint density at radius 3 is 2.95 bits per heavy atom. The van der Waals surface area contributed by atoms with E-state index in [-0.39, 0.29) is 29.4 Å². The van der Waals surface area contributed by atoms with E-state index < -0.39 is 9.84 Å². The molecule has 2 atom stereocenters. The molecular formula is C13H19N3O3S. The molecule has 6 nitrogen and oxygen atoms in total. The van der Waals surface area contributed by atoms with Gasteiger partial charge in [-0.3, -0.25) is 4.79 Å². The van der Waals surface area contributed by atoms with Crippen molar-refractivity contribution in [3.8, 4) is 0 Å². The maximum Gasteiger partial charge on any atom is 0.226 e. The van der Waals surface area contributed by atoms with Gasteiger partial charge in [0.2, 0.25) is 5.91 Å². The van der Waals surface area contributed by atoms with Crippen molar-refractivity contribution in [2.75, 3.05) is 18.6 Å². The van der Waals surface area contributed by atoms with E-state index in [0.717, 1.165) is 18.8 Å². The first kappa shape index (κ1) is 13.6. The molecule has 2 aliphatic rings. The number of hydrogen-bond acceptors (Lipinski definition) is 4. The summed E-state index contributed by atoms with van der Waals surface area (Å²) >= 11 is 0. The van der Waals surface area contributed by atoms with Gasteiger partial charge in [-0.05, 0) is 12.8 Å². The van der Waals surface area contributed by atoms with E-state index in [2.05, 4.69) is 9.55 Å². The predicted molar refractivity (Wildman–Crippen MR) is 73.9 cm³/mol. The summed E-state index contributed by atoms with van der Waals surface area (Å²) in [6, 6.07) is -0.158. The van der Waals surface area contributed by atoms with E-state index in [4.69, 9.17) is 0 Å². The zero-order valence-electron chi connectivity index (χ0n) is 11.5. The number of amides is 1. The third-order valence-electron chi connectivity index (χ3n) is 4.40. The molecule has 1 saturated heterocycles. The van der Waals surface area contributed by atoms with E-state index in [9.17, 15) is 13.2 Å². The second-order valence-corrected chi connectivity index (χ2v) is 7.96. The second kappa shape index (κ2) is 4.87. The third kappa shape index (κ3) is 2.46. The van der Waals surface area contributed by atoms with Crippen LogP contribution in [0.25, 0.3) is 0 Å².